The second-order valence-corrected chi connectivity index (χ2v) is 4.41. The number of methoxy groups -OCH3 is 1. The molecular weight excluding hydrogens is 273 g/mol. The fourth-order valence-corrected chi connectivity index (χ4v) is 1.99. The molecular formula is C15H12FN3O2. The molecule has 3 rings (SSSR count). The van der Waals surface area contributed by atoms with Gasteiger partial charge < -0.3 is 9.72 Å². The minimum atomic E-state index is -0.516. The third-order valence-corrected chi connectivity index (χ3v) is 3.03. The highest BCUT2D eigenvalue weighted by Gasteiger charge is 2.12. The van der Waals surface area contributed by atoms with Crippen molar-refractivity contribution in [2.75, 3.05) is 12.4 Å². The van der Waals surface area contributed by atoms with Crippen molar-refractivity contribution < 1.29 is 13.9 Å². The van der Waals surface area contributed by atoms with E-state index in [0.29, 0.717) is 5.95 Å². The highest BCUT2D eigenvalue weighted by molar-refractivity contribution is 6.04. The molecule has 5 nitrogen and oxygen atoms in total. The molecule has 0 aliphatic carbocycles. The van der Waals surface area contributed by atoms with Crippen molar-refractivity contribution in [2.45, 2.75) is 0 Å². The third kappa shape index (κ3) is 2.55. The molecule has 1 aromatic heterocycles. The first kappa shape index (κ1) is 13.1. The van der Waals surface area contributed by atoms with Gasteiger partial charge in [-0.1, -0.05) is 12.1 Å². The molecule has 1 amide bonds. The van der Waals surface area contributed by atoms with E-state index in [0.717, 1.165) is 11.0 Å². The average molecular weight is 285 g/mol. The summed E-state index contributed by atoms with van der Waals surface area (Å²) in [6.07, 6.45) is 0. The number of rotatable bonds is 3. The van der Waals surface area contributed by atoms with E-state index in [4.69, 9.17) is 4.74 Å². The Morgan fingerprint density at radius 2 is 2.10 bits per heavy atom. The van der Waals surface area contributed by atoms with E-state index in [1.54, 1.807) is 0 Å². The van der Waals surface area contributed by atoms with Gasteiger partial charge in [-0.05, 0) is 30.3 Å². The van der Waals surface area contributed by atoms with Crippen LogP contribution < -0.4 is 10.1 Å². The van der Waals surface area contributed by atoms with E-state index >= 15 is 0 Å². The van der Waals surface area contributed by atoms with E-state index in [9.17, 15) is 9.18 Å². The number of carbonyl (C=O) groups is 1. The monoisotopic (exact) mass is 285 g/mol. The molecule has 106 valence electrons. The van der Waals surface area contributed by atoms with Gasteiger partial charge in [-0.25, -0.2) is 9.37 Å². The molecule has 0 saturated carbocycles. The molecule has 0 atom stereocenters. The maximum atomic E-state index is 13.3. The number of ether oxygens (including phenoxy) is 1. The number of benzene rings is 2. The molecule has 0 aliphatic heterocycles. The van der Waals surface area contributed by atoms with E-state index in [2.05, 4.69) is 15.3 Å². The van der Waals surface area contributed by atoms with Gasteiger partial charge in [0.05, 0.1) is 18.1 Å². The number of nitrogens with one attached hydrogen (secondary N) is 2. The van der Waals surface area contributed by atoms with Crippen molar-refractivity contribution in [2.24, 2.45) is 0 Å². The molecule has 0 saturated heterocycles. The Morgan fingerprint density at radius 1 is 1.29 bits per heavy atom. The Bertz CT molecular complexity index is 781. The minimum absolute atomic E-state index is 0.0206. The molecule has 0 fully saturated rings. The summed E-state index contributed by atoms with van der Waals surface area (Å²) in [5.74, 6) is -0.554. The third-order valence-electron chi connectivity index (χ3n) is 3.03. The van der Waals surface area contributed by atoms with Gasteiger partial charge in [0, 0.05) is 5.56 Å². The summed E-state index contributed by atoms with van der Waals surface area (Å²) in [7, 11) is 1.35. The van der Waals surface area contributed by atoms with Gasteiger partial charge in [-0.15, -0.1) is 0 Å². The van der Waals surface area contributed by atoms with Crippen LogP contribution in [-0.2, 0) is 0 Å². The van der Waals surface area contributed by atoms with Crippen LogP contribution in [0.15, 0.2) is 42.5 Å². The number of nitrogens with zero attached hydrogens (tertiary/aromatic N) is 1. The van der Waals surface area contributed by atoms with E-state index in [1.807, 2.05) is 24.3 Å². The highest BCUT2D eigenvalue weighted by atomic mass is 19.1. The van der Waals surface area contributed by atoms with Gasteiger partial charge in [0.15, 0.2) is 11.6 Å². The topological polar surface area (TPSA) is 67.0 Å². The predicted octanol–water partition coefficient (Wildman–Crippen LogP) is 2.96. The molecule has 2 aromatic carbocycles. The Morgan fingerprint density at radius 3 is 2.86 bits per heavy atom. The molecule has 0 unspecified atom stereocenters. The number of fused-ring (bicyclic) bond motifs is 1. The molecule has 2 N–H and O–H groups in total. The lowest BCUT2D eigenvalue weighted by atomic mass is 10.2. The largest absolute Gasteiger partial charge is 0.494 e. The maximum Gasteiger partial charge on any atom is 0.258 e. The number of hydrogen-bond donors (Lipinski definition) is 2. The number of hydrogen-bond acceptors (Lipinski definition) is 3. The second-order valence-electron chi connectivity index (χ2n) is 4.41. The molecule has 6 heteroatoms. The molecule has 0 spiro atoms. The summed E-state index contributed by atoms with van der Waals surface area (Å²) in [5.41, 5.74) is 1.86. The summed E-state index contributed by atoms with van der Waals surface area (Å²) < 4.78 is 18.2. The van der Waals surface area contributed by atoms with Gasteiger partial charge in [0.1, 0.15) is 0 Å². The van der Waals surface area contributed by atoms with E-state index in [-0.39, 0.29) is 11.3 Å². The zero-order valence-corrected chi connectivity index (χ0v) is 11.2. The van der Waals surface area contributed by atoms with Crippen LogP contribution in [0, 0.1) is 5.82 Å². The smallest absolute Gasteiger partial charge is 0.258 e. The van der Waals surface area contributed by atoms with Crippen LogP contribution in [0.3, 0.4) is 0 Å². The average Bonchev–Trinajstić information content (AvgIpc) is 2.89. The zero-order valence-electron chi connectivity index (χ0n) is 11.2. The van der Waals surface area contributed by atoms with Crippen LogP contribution in [0.25, 0.3) is 11.0 Å². The number of aromatic amines is 1. The van der Waals surface area contributed by atoms with Gasteiger partial charge in [0.2, 0.25) is 5.95 Å². The van der Waals surface area contributed by atoms with Crippen molar-refractivity contribution in [1.29, 1.82) is 0 Å². The number of halogens is 1. The number of H-pyrrole nitrogens is 1. The number of carbonyl (C=O) groups excluding carboxylic acids is 1. The Balaban J connectivity index is 1.85. The molecule has 21 heavy (non-hydrogen) atoms. The van der Waals surface area contributed by atoms with Crippen molar-refractivity contribution in [3.63, 3.8) is 0 Å². The van der Waals surface area contributed by atoms with Crippen LogP contribution in [0.1, 0.15) is 10.4 Å². The quantitative estimate of drug-likeness (QED) is 0.777. The lowest BCUT2D eigenvalue weighted by Crippen LogP contribution is -2.13. The second kappa shape index (κ2) is 5.24. The number of imidazole rings is 1. The molecule has 0 radical (unpaired) electrons. The Labute approximate surface area is 119 Å². The van der Waals surface area contributed by atoms with Crippen molar-refractivity contribution in [1.82, 2.24) is 9.97 Å². The minimum Gasteiger partial charge on any atom is -0.494 e. The van der Waals surface area contributed by atoms with Crippen molar-refractivity contribution >= 4 is 22.9 Å². The van der Waals surface area contributed by atoms with Gasteiger partial charge in [-0.3, -0.25) is 10.1 Å². The molecule has 1 heterocycles. The first-order valence-electron chi connectivity index (χ1n) is 6.27. The summed E-state index contributed by atoms with van der Waals surface area (Å²) in [6.45, 7) is 0. The Kier molecular flexibility index (Phi) is 3.27. The first-order valence-corrected chi connectivity index (χ1v) is 6.27. The number of para-hydroxylation sites is 2. The van der Waals surface area contributed by atoms with Crippen molar-refractivity contribution in [3.8, 4) is 5.75 Å². The van der Waals surface area contributed by atoms with E-state index < -0.39 is 11.7 Å². The van der Waals surface area contributed by atoms with Gasteiger partial charge >= 0.3 is 0 Å². The lowest BCUT2D eigenvalue weighted by molar-refractivity contribution is 0.102. The van der Waals surface area contributed by atoms with Crippen LogP contribution in [0.4, 0.5) is 10.3 Å². The maximum absolute atomic E-state index is 13.3. The summed E-state index contributed by atoms with van der Waals surface area (Å²) in [5, 5.41) is 2.63. The summed E-state index contributed by atoms with van der Waals surface area (Å²) >= 11 is 0. The standard InChI is InChI=1S/C15H12FN3O2/c1-21-13-8-9(6-7-10(13)16)14(20)19-15-17-11-4-2-3-5-12(11)18-15/h2-8H,1H3,(H2,17,18,19,20). The fourth-order valence-electron chi connectivity index (χ4n) is 1.99. The van der Waals surface area contributed by atoms with Crippen LogP contribution in [0.2, 0.25) is 0 Å². The number of anilines is 1. The first-order chi connectivity index (χ1) is 10.2. The normalized spacial score (nSPS) is 10.6. The molecule has 0 bridgehead atoms. The van der Waals surface area contributed by atoms with Gasteiger partial charge in [-0.2, -0.15) is 0 Å². The van der Waals surface area contributed by atoms with Crippen LogP contribution in [-0.4, -0.2) is 23.0 Å². The number of aromatic nitrogens is 2. The number of amides is 1. The molecule has 0 aliphatic rings. The Hall–Kier alpha value is -2.89. The zero-order chi connectivity index (χ0) is 14.8. The van der Waals surface area contributed by atoms with Crippen molar-refractivity contribution in [3.05, 3.63) is 53.8 Å². The summed E-state index contributed by atoms with van der Waals surface area (Å²) in [6, 6.07) is 11.3. The lowest BCUT2D eigenvalue weighted by Gasteiger charge is -2.05. The van der Waals surface area contributed by atoms with Crippen LogP contribution >= 0.6 is 0 Å². The molecule has 3 aromatic rings. The van der Waals surface area contributed by atoms with E-state index in [1.165, 1.54) is 25.3 Å². The fraction of sp³-hybridized carbons (Fsp3) is 0.0667. The van der Waals surface area contributed by atoms with Crippen LogP contribution in [0.5, 0.6) is 5.75 Å². The highest BCUT2D eigenvalue weighted by Crippen LogP contribution is 2.19. The predicted molar refractivity (Wildman–Crippen MR) is 77.0 cm³/mol. The van der Waals surface area contributed by atoms with Gasteiger partial charge in [0.25, 0.3) is 5.91 Å². The summed E-state index contributed by atoms with van der Waals surface area (Å²) in [4.78, 5) is 19.4. The SMILES string of the molecule is COc1cc(C(=O)Nc2nc3ccccc3[nH]2)ccc1F.